The van der Waals surface area contributed by atoms with Gasteiger partial charge in [0.2, 0.25) is 0 Å². The van der Waals surface area contributed by atoms with Crippen LogP contribution in [0.15, 0.2) is 0 Å². The molecule has 2 heteroatoms. The topological polar surface area (TPSA) is 12.5 Å². The van der Waals surface area contributed by atoms with Crippen LogP contribution in [0.4, 0.5) is 0 Å². The van der Waals surface area contributed by atoms with Crippen molar-refractivity contribution in [3.05, 3.63) is 0 Å². The normalized spacial score (nSPS) is 41.1. The summed E-state index contributed by atoms with van der Waals surface area (Å²) in [5, 5.41) is 0. The monoisotopic (exact) mass is 183 g/mol. The van der Waals surface area contributed by atoms with Crippen molar-refractivity contribution in [2.24, 2.45) is 11.8 Å². The molecule has 0 amide bonds. The second-order valence-corrected chi connectivity index (χ2v) is 4.99. The van der Waals surface area contributed by atoms with Crippen LogP contribution in [0.2, 0.25) is 0 Å². The van der Waals surface area contributed by atoms with Crippen molar-refractivity contribution in [3.63, 3.8) is 0 Å². The van der Waals surface area contributed by atoms with E-state index in [0.717, 1.165) is 25.0 Å². The molecule has 2 aliphatic rings. The Labute approximate surface area is 81.3 Å². The van der Waals surface area contributed by atoms with Gasteiger partial charge in [-0.15, -0.1) is 0 Å². The highest BCUT2D eigenvalue weighted by atomic mass is 16.5. The van der Waals surface area contributed by atoms with E-state index in [1.807, 2.05) is 0 Å². The molecule has 2 unspecified atom stereocenters. The number of hydrogen-bond acceptors (Lipinski definition) is 2. The maximum atomic E-state index is 5.59. The molecule has 2 rings (SSSR count). The van der Waals surface area contributed by atoms with Crippen molar-refractivity contribution >= 4 is 0 Å². The number of nitrogens with zero attached hydrogens (tertiary/aromatic N) is 1. The summed E-state index contributed by atoms with van der Waals surface area (Å²) in [6, 6.07) is 1.39. The average molecular weight is 183 g/mol. The van der Waals surface area contributed by atoms with E-state index in [0.29, 0.717) is 12.1 Å². The van der Waals surface area contributed by atoms with Gasteiger partial charge in [0, 0.05) is 12.1 Å². The van der Waals surface area contributed by atoms with Crippen LogP contribution in [-0.2, 0) is 4.74 Å². The summed E-state index contributed by atoms with van der Waals surface area (Å²) >= 11 is 0. The van der Waals surface area contributed by atoms with Crippen LogP contribution in [-0.4, -0.2) is 37.2 Å². The Kier molecular flexibility index (Phi) is 2.61. The Hall–Kier alpha value is -0.0800. The van der Waals surface area contributed by atoms with E-state index in [9.17, 15) is 0 Å². The van der Waals surface area contributed by atoms with Crippen LogP contribution >= 0.6 is 0 Å². The van der Waals surface area contributed by atoms with Crippen molar-refractivity contribution in [2.75, 3.05) is 20.3 Å². The van der Waals surface area contributed by atoms with Crippen molar-refractivity contribution < 1.29 is 4.74 Å². The molecule has 2 nitrogen and oxygen atoms in total. The Bertz CT molecular complexity index is 167. The van der Waals surface area contributed by atoms with Crippen LogP contribution in [0.25, 0.3) is 0 Å². The minimum Gasteiger partial charge on any atom is -0.378 e. The van der Waals surface area contributed by atoms with E-state index in [1.54, 1.807) is 0 Å². The highest BCUT2D eigenvalue weighted by Crippen LogP contribution is 2.34. The Morgan fingerprint density at radius 2 is 1.69 bits per heavy atom. The molecule has 0 N–H and O–H groups in total. The summed E-state index contributed by atoms with van der Waals surface area (Å²) in [7, 11) is 2.26. The molecule has 13 heavy (non-hydrogen) atoms. The lowest BCUT2D eigenvalue weighted by Gasteiger charge is -2.47. The number of ether oxygens (including phenoxy) is 1. The number of fused-ring (bicyclic) bond motifs is 2. The standard InChI is InChI=1S/C11H21NO/c1-8(2)9-4-10-6-13-7-11(5-9)12(10)3/h8-11H,4-7H2,1-3H3/t9?,10-,11?/m0/s1. The molecule has 3 atom stereocenters. The molecule has 2 saturated heterocycles. The van der Waals surface area contributed by atoms with Crippen molar-refractivity contribution in [1.29, 1.82) is 0 Å². The summed E-state index contributed by atoms with van der Waals surface area (Å²) in [6.07, 6.45) is 2.68. The first-order valence-electron chi connectivity index (χ1n) is 5.48. The highest BCUT2D eigenvalue weighted by molar-refractivity contribution is 4.90. The lowest BCUT2D eigenvalue weighted by atomic mass is 9.79. The summed E-state index contributed by atoms with van der Waals surface area (Å²) in [6.45, 7) is 6.62. The quantitative estimate of drug-likeness (QED) is 0.614. The summed E-state index contributed by atoms with van der Waals surface area (Å²) in [4.78, 5) is 2.53. The summed E-state index contributed by atoms with van der Waals surface area (Å²) < 4.78 is 5.59. The van der Waals surface area contributed by atoms with E-state index in [4.69, 9.17) is 4.74 Å². The Balaban J connectivity index is 2.03. The number of hydrogen-bond donors (Lipinski definition) is 0. The third kappa shape index (κ3) is 1.75. The summed E-state index contributed by atoms with van der Waals surface area (Å²) in [5.74, 6) is 1.77. The van der Waals surface area contributed by atoms with E-state index in [1.165, 1.54) is 12.8 Å². The first-order valence-corrected chi connectivity index (χ1v) is 5.48. The molecule has 0 radical (unpaired) electrons. The first kappa shape index (κ1) is 9.47. The van der Waals surface area contributed by atoms with E-state index in [-0.39, 0.29) is 0 Å². The van der Waals surface area contributed by atoms with E-state index in [2.05, 4.69) is 25.8 Å². The number of rotatable bonds is 1. The molecular weight excluding hydrogens is 162 g/mol. The fraction of sp³-hybridized carbons (Fsp3) is 1.00. The van der Waals surface area contributed by atoms with Gasteiger partial charge < -0.3 is 4.74 Å². The SMILES string of the molecule is CC(C)C1CC2COC[C@H](C1)N2C. The third-order valence-corrected chi connectivity index (χ3v) is 3.86. The zero-order valence-electron chi connectivity index (χ0n) is 8.99. The van der Waals surface area contributed by atoms with Crippen LogP contribution in [0.1, 0.15) is 26.7 Å². The number of likely N-dealkylation sites (N-methyl/N-ethyl adjacent to an activating group) is 1. The summed E-state index contributed by atoms with van der Waals surface area (Å²) in [5.41, 5.74) is 0. The molecule has 0 saturated carbocycles. The smallest absolute Gasteiger partial charge is 0.0622 e. The molecule has 2 heterocycles. The molecule has 0 spiro atoms. The molecule has 2 aliphatic heterocycles. The predicted octanol–water partition coefficient (Wildman–Crippen LogP) is 1.75. The molecule has 2 fully saturated rings. The van der Waals surface area contributed by atoms with Gasteiger partial charge in [0.05, 0.1) is 13.2 Å². The van der Waals surface area contributed by atoms with Crippen molar-refractivity contribution in [2.45, 2.75) is 38.8 Å². The van der Waals surface area contributed by atoms with Gasteiger partial charge >= 0.3 is 0 Å². The molecule has 76 valence electrons. The number of morpholine rings is 1. The lowest BCUT2D eigenvalue weighted by molar-refractivity contribution is -0.0803. The molecular formula is C11H21NO. The second kappa shape index (κ2) is 3.58. The lowest BCUT2D eigenvalue weighted by Crippen LogP contribution is -2.55. The largest absolute Gasteiger partial charge is 0.378 e. The van der Waals surface area contributed by atoms with Gasteiger partial charge in [0.25, 0.3) is 0 Å². The van der Waals surface area contributed by atoms with Gasteiger partial charge in [-0.05, 0) is 31.7 Å². The van der Waals surface area contributed by atoms with Crippen molar-refractivity contribution in [3.8, 4) is 0 Å². The average Bonchev–Trinajstić information content (AvgIpc) is 2.02. The maximum Gasteiger partial charge on any atom is 0.0622 e. The van der Waals surface area contributed by atoms with Gasteiger partial charge in [0.15, 0.2) is 0 Å². The Morgan fingerprint density at radius 3 is 2.15 bits per heavy atom. The minimum atomic E-state index is 0.694. The van der Waals surface area contributed by atoms with E-state index < -0.39 is 0 Å². The molecule has 0 aromatic heterocycles. The van der Waals surface area contributed by atoms with Crippen LogP contribution in [0, 0.1) is 11.8 Å². The maximum absolute atomic E-state index is 5.59. The highest BCUT2D eigenvalue weighted by Gasteiger charge is 2.37. The van der Waals surface area contributed by atoms with Gasteiger partial charge in [-0.1, -0.05) is 13.8 Å². The van der Waals surface area contributed by atoms with Gasteiger partial charge in [0.1, 0.15) is 0 Å². The van der Waals surface area contributed by atoms with Crippen LogP contribution in [0.5, 0.6) is 0 Å². The van der Waals surface area contributed by atoms with E-state index >= 15 is 0 Å². The van der Waals surface area contributed by atoms with Crippen LogP contribution < -0.4 is 0 Å². The van der Waals surface area contributed by atoms with Gasteiger partial charge in [-0.3, -0.25) is 4.90 Å². The van der Waals surface area contributed by atoms with Gasteiger partial charge in [-0.25, -0.2) is 0 Å². The molecule has 2 bridgehead atoms. The fourth-order valence-electron chi connectivity index (χ4n) is 2.68. The van der Waals surface area contributed by atoms with Gasteiger partial charge in [-0.2, -0.15) is 0 Å². The predicted molar refractivity (Wildman–Crippen MR) is 53.7 cm³/mol. The molecule has 0 aromatic rings. The second-order valence-electron chi connectivity index (χ2n) is 4.99. The fourth-order valence-corrected chi connectivity index (χ4v) is 2.68. The number of piperidine rings is 1. The Morgan fingerprint density at radius 1 is 1.15 bits per heavy atom. The van der Waals surface area contributed by atoms with Crippen LogP contribution in [0.3, 0.4) is 0 Å². The molecule has 0 aliphatic carbocycles. The third-order valence-electron chi connectivity index (χ3n) is 3.86. The zero-order chi connectivity index (χ0) is 9.42. The van der Waals surface area contributed by atoms with Crippen molar-refractivity contribution in [1.82, 2.24) is 4.90 Å². The molecule has 0 aromatic carbocycles. The zero-order valence-corrected chi connectivity index (χ0v) is 8.99. The first-order chi connectivity index (χ1) is 6.18. The minimum absolute atomic E-state index is 0.694.